The van der Waals surface area contributed by atoms with Crippen LogP contribution in [0.3, 0.4) is 0 Å². The molecule has 0 aliphatic heterocycles. The molecule has 0 saturated carbocycles. The fraction of sp³-hybridized carbons (Fsp3) is 0.429. The van der Waals surface area contributed by atoms with Crippen molar-refractivity contribution in [3.63, 3.8) is 0 Å². The number of aryl methyl sites for hydroxylation is 1. The van der Waals surface area contributed by atoms with Gasteiger partial charge in [-0.3, -0.25) is 0 Å². The van der Waals surface area contributed by atoms with E-state index >= 15 is 0 Å². The summed E-state index contributed by atoms with van der Waals surface area (Å²) in [6.45, 7) is 8.47. The van der Waals surface area contributed by atoms with Gasteiger partial charge < -0.3 is 15.0 Å². The lowest BCUT2D eigenvalue weighted by Gasteiger charge is -2.07. The Bertz CT molecular complexity index is 578. The van der Waals surface area contributed by atoms with Crippen molar-refractivity contribution in [3.8, 4) is 11.5 Å². The molecular formula is C14H19N3O2. The van der Waals surface area contributed by atoms with Gasteiger partial charge in [-0.2, -0.15) is 4.98 Å². The summed E-state index contributed by atoms with van der Waals surface area (Å²) in [6, 6.07) is 3.78. The number of nitrogen functional groups attached to an aromatic ring is 1. The Morgan fingerprint density at radius 2 is 2.11 bits per heavy atom. The molecule has 5 nitrogen and oxygen atoms in total. The molecule has 0 bridgehead atoms. The molecule has 0 spiro atoms. The highest BCUT2D eigenvalue weighted by molar-refractivity contribution is 5.66. The number of rotatable bonds is 4. The second kappa shape index (κ2) is 5.40. The van der Waals surface area contributed by atoms with E-state index in [1.165, 1.54) is 0 Å². The maximum Gasteiger partial charge on any atom is 0.258 e. The maximum absolute atomic E-state index is 5.87. The summed E-state index contributed by atoms with van der Waals surface area (Å²) in [6.07, 6.45) is -0.176. The molecule has 0 aliphatic rings. The minimum absolute atomic E-state index is 0.176. The molecule has 1 atom stereocenters. The van der Waals surface area contributed by atoms with Gasteiger partial charge in [0, 0.05) is 17.9 Å². The van der Waals surface area contributed by atoms with Crippen molar-refractivity contribution in [1.82, 2.24) is 10.1 Å². The highest BCUT2D eigenvalue weighted by Crippen LogP contribution is 2.28. The normalized spacial score (nSPS) is 12.6. The van der Waals surface area contributed by atoms with Crippen molar-refractivity contribution in [3.05, 3.63) is 29.1 Å². The topological polar surface area (TPSA) is 74.2 Å². The average Bonchev–Trinajstić information content (AvgIpc) is 2.83. The molecule has 19 heavy (non-hydrogen) atoms. The summed E-state index contributed by atoms with van der Waals surface area (Å²) in [5, 5.41) is 3.96. The van der Waals surface area contributed by atoms with Gasteiger partial charge in [0.05, 0.1) is 0 Å². The molecule has 0 fully saturated rings. The van der Waals surface area contributed by atoms with Crippen molar-refractivity contribution in [2.75, 3.05) is 12.3 Å². The Morgan fingerprint density at radius 1 is 1.37 bits per heavy atom. The van der Waals surface area contributed by atoms with E-state index in [9.17, 15) is 0 Å². The molecule has 1 heterocycles. The summed E-state index contributed by atoms with van der Waals surface area (Å²) < 4.78 is 10.8. The standard InChI is InChI=1S/C14H19N3O2/c1-5-18-10(4)13-16-14(19-17-13)12-7-11(15)6-8(2)9(12)3/h6-7,10H,5,15H2,1-4H3. The number of hydrogen-bond donors (Lipinski definition) is 1. The lowest BCUT2D eigenvalue weighted by atomic mass is 10.0. The lowest BCUT2D eigenvalue weighted by molar-refractivity contribution is 0.0683. The minimum Gasteiger partial charge on any atom is -0.399 e. The number of nitrogens with two attached hydrogens (primary N) is 1. The van der Waals surface area contributed by atoms with Crippen molar-refractivity contribution in [2.45, 2.75) is 33.8 Å². The van der Waals surface area contributed by atoms with Crippen LogP contribution in [0.1, 0.15) is 36.9 Å². The number of nitrogens with zero attached hydrogens (tertiary/aromatic N) is 2. The molecule has 1 aromatic heterocycles. The minimum atomic E-state index is -0.176. The highest BCUT2D eigenvalue weighted by Gasteiger charge is 2.17. The molecule has 0 aliphatic carbocycles. The van der Waals surface area contributed by atoms with E-state index in [1.54, 1.807) is 0 Å². The van der Waals surface area contributed by atoms with E-state index in [0.29, 0.717) is 24.0 Å². The highest BCUT2D eigenvalue weighted by atomic mass is 16.5. The first kappa shape index (κ1) is 13.5. The van der Waals surface area contributed by atoms with Crippen molar-refractivity contribution in [1.29, 1.82) is 0 Å². The Kier molecular flexibility index (Phi) is 3.85. The Hall–Kier alpha value is -1.88. The first-order valence-electron chi connectivity index (χ1n) is 6.35. The van der Waals surface area contributed by atoms with Gasteiger partial charge in [0.2, 0.25) is 5.82 Å². The predicted octanol–water partition coefficient (Wildman–Crippen LogP) is 3.03. The van der Waals surface area contributed by atoms with Crippen LogP contribution < -0.4 is 5.73 Å². The van der Waals surface area contributed by atoms with Crippen molar-refractivity contribution < 1.29 is 9.26 Å². The Balaban J connectivity index is 2.38. The zero-order chi connectivity index (χ0) is 14.0. The summed E-state index contributed by atoms with van der Waals surface area (Å²) in [5.74, 6) is 1.03. The van der Waals surface area contributed by atoms with Crippen LogP contribution in [0, 0.1) is 13.8 Å². The molecule has 2 rings (SSSR count). The average molecular weight is 261 g/mol. The number of hydrogen-bond acceptors (Lipinski definition) is 5. The largest absolute Gasteiger partial charge is 0.399 e. The summed E-state index contributed by atoms with van der Waals surface area (Å²) >= 11 is 0. The van der Waals surface area contributed by atoms with Crippen LogP contribution in [0.5, 0.6) is 0 Å². The molecule has 2 aromatic rings. The molecule has 5 heteroatoms. The second-order valence-electron chi connectivity index (χ2n) is 4.57. The van der Waals surface area contributed by atoms with Crippen molar-refractivity contribution >= 4 is 5.69 Å². The fourth-order valence-electron chi connectivity index (χ4n) is 1.94. The fourth-order valence-corrected chi connectivity index (χ4v) is 1.94. The maximum atomic E-state index is 5.87. The van der Waals surface area contributed by atoms with Crippen LogP contribution >= 0.6 is 0 Å². The van der Waals surface area contributed by atoms with E-state index < -0.39 is 0 Å². The molecule has 0 saturated heterocycles. The smallest absolute Gasteiger partial charge is 0.258 e. The van der Waals surface area contributed by atoms with Gasteiger partial charge in [-0.15, -0.1) is 0 Å². The molecular weight excluding hydrogens is 242 g/mol. The second-order valence-corrected chi connectivity index (χ2v) is 4.57. The molecule has 2 N–H and O–H groups in total. The van der Waals surface area contributed by atoms with Crippen molar-refractivity contribution in [2.24, 2.45) is 0 Å². The summed E-state index contributed by atoms with van der Waals surface area (Å²) in [5.41, 5.74) is 9.63. The third kappa shape index (κ3) is 2.76. The molecule has 0 amide bonds. The number of anilines is 1. The summed E-state index contributed by atoms with van der Waals surface area (Å²) in [4.78, 5) is 4.38. The van der Waals surface area contributed by atoms with E-state index in [0.717, 1.165) is 16.7 Å². The Morgan fingerprint density at radius 3 is 2.79 bits per heavy atom. The van der Waals surface area contributed by atoms with Gasteiger partial charge in [0.1, 0.15) is 6.10 Å². The zero-order valence-electron chi connectivity index (χ0n) is 11.7. The lowest BCUT2D eigenvalue weighted by Crippen LogP contribution is -2.01. The van der Waals surface area contributed by atoms with Gasteiger partial charge >= 0.3 is 0 Å². The van der Waals surface area contributed by atoms with Crippen LogP contribution in [-0.4, -0.2) is 16.7 Å². The van der Waals surface area contributed by atoms with E-state index in [2.05, 4.69) is 10.1 Å². The van der Waals surface area contributed by atoms with Gasteiger partial charge in [0.25, 0.3) is 5.89 Å². The monoisotopic (exact) mass is 261 g/mol. The Labute approximate surface area is 112 Å². The van der Waals surface area contributed by atoms with Gasteiger partial charge in [-0.05, 0) is 51.0 Å². The van der Waals surface area contributed by atoms with Crippen LogP contribution in [0.15, 0.2) is 16.7 Å². The predicted molar refractivity (Wildman–Crippen MR) is 73.7 cm³/mol. The number of benzene rings is 1. The first-order chi connectivity index (χ1) is 9.02. The zero-order valence-corrected chi connectivity index (χ0v) is 11.7. The van der Waals surface area contributed by atoms with Crippen LogP contribution in [0.4, 0.5) is 5.69 Å². The number of aromatic nitrogens is 2. The van der Waals surface area contributed by atoms with Gasteiger partial charge in [0.15, 0.2) is 0 Å². The molecule has 0 radical (unpaired) electrons. The van der Waals surface area contributed by atoms with Crippen LogP contribution in [0.25, 0.3) is 11.5 Å². The quantitative estimate of drug-likeness (QED) is 0.856. The molecule has 102 valence electrons. The third-order valence-electron chi connectivity index (χ3n) is 3.14. The SMILES string of the molecule is CCOC(C)c1noc(-c2cc(N)cc(C)c2C)n1. The summed E-state index contributed by atoms with van der Waals surface area (Å²) in [7, 11) is 0. The van der Waals surface area contributed by atoms with Crippen LogP contribution in [-0.2, 0) is 4.74 Å². The van der Waals surface area contributed by atoms with Crippen LogP contribution in [0.2, 0.25) is 0 Å². The van der Waals surface area contributed by atoms with E-state index in [4.69, 9.17) is 15.0 Å². The van der Waals surface area contributed by atoms with Gasteiger partial charge in [-0.1, -0.05) is 5.16 Å². The van der Waals surface area contributed by atoms with E-state index in [-0.39, 0.29) is 6.10 Å². The van der Waals surface area contributed by atoms with E-state index in [1.807, 2.05) is 39.8 Å². The molecule has 1 unspecified atom stereocenters. The first-order valence-corrected chi connectivity index (χ1v) is 6.35. The van der Waals surface area contributed by atoms with Gasteiger partial charge in [-0.25, -0.2) is 0 Å². The number of ether oxygens (including phenoxy) is 1. The third-order valence-corrected chi connectivity index (χ3v) is 3.14. The molecule has 1 aromatic carbocycles.